The molecule has 1 aliphatic carbocycles. The summed E-state index contributed by atoms with van der Waals surface area (Å²) in [6, 6.07) is 10.3. The molecule has 3 aromatic rings. The minimum absolute atomic E-state index is 0.123. The molecule has 3 N–H and O–H groups in total. The molecule has 0 spiro atoms. The van der Waals surface area contributed by atoms with Crippen molar-refractivity contribution in [1.29, 1.82) is 0 Å². The van der Waals surface area contributed by atoms with Crippen LogP contribution in [0.3, 0.4) is 0 Å². The summed E-state index contributed by atoms with van der Waals surface area (Å²) in [5.74, 6) is 7.40. The standard InChI is InChI=1S/C21H19ClN4/c22-16-8-18(19-12-24-26-21(19)9-16)20(6-3-13-1-2-13)25-17-5-4-14-10-23-11-15(14)7-17/h4-5,7-9,12-13,20,23,25H,1-2,10-11H2,(H,24,26)/t20-/m0/s1. The van der Waals surface area contributed by atoms with Gasteiger partial charge in [-0.25, -0.2) is 0 Å². The maximum absolute atomic E-state index is 6.35. The summed E-state index contributed by atoms with van der Waals surface area (Å²) in [6.07, 6.45) is 4.27. The number of nitrogens with zero attached hydrogens (tertiary/aromatic N) is 1. The van der Waals surface area contributed by atoms with Gasteiger partial charge in [0, 0.05) is 35.1 Å². The van der Waals surface area contributed by atoms with E-state index in [0.717, 1.165) is 35.2 Å². The lowest BCUT2D eigenvalue weighted by atomic mass is 10.0. The molecular weight excluding hydrogens is 344 g/mol. The van der Waals surface area contributed by atoms with Crippen molar-refractivity contribution in [2.75, 3.05) is 5.32 Å². The summed E-state index contributed by atoms with van der Waals surface area (Å²) < 4.78 is 0. The number of anilines is 1. The van der Waals surface area contributed by atoms with Gasteiger partial charge in [-0.1, -0.05) is 29.5 Å². The SMILES string of the molecule is Clc1cc([C@H](C#CC2CC2)Nc2ccc3c(c2)CNC3)c2cn[nH]c2c1. The van der Waals surface area contributed by atoms with Crippen molar-refractivity contribution < 1.29 is 0 Å². The topological polar surface area (TPSA) is 52.7 Å². The predicted molar refractivity (Wildman–Crippen MR) is 105 cm³/mol. The highest BCUT2D eigenvalue weighted by Gasteiger charge is 2.20. The number of H-pyrrole nitrogens is 1. The van der Waals surface area contributed by atoms with Crippen molar-refractivity contribution in [2.24, 2.45) is 5.92 Å². The summed E-state index contributed by atoms with van der Waals surface area (Å²) in [5.41, 5.74) is 5.80. The van der Waals surface area contributed by atoms with Crippen molar-refractivity contribution >= 4 is 28.2 Å². The van der Waals surface area contributed by atoms with Gasteiger partial charge in [-0.15, -0.1) is 0 Å². The van der Waals surface area contributed by atoms with E-state index < -0.39 is 0 Å². The van der Waals surface area contributed by atoms with Gasteiger partial charge in [0.25, 0.3) is 0 Å². The van der Waals surface area contributed by atoms with E-state index in [9.17, 15) is 0 Å². The molecule has 0 amide bonds. The van der Waals surface area contributed by atoms with Gasteiger partial charge in [-0.05, 0) is 53.8 Å². The molecular formula is C21H19ClN4. The number of nitrogens with one attached hydrogen (secondary N) is 3. The third kappa shape index (κ3) is 3.05. The number of rotatable bonds is 3. The molecule has 1 fully saturated rings. The third-order valence-electron chi connectivity index (χ3n) is 5.02. The average molecular weight is 363 g/mol. The lowest BCUT2D eigenvalue weighted by Crippen LogP contribution is -2.10. The summed E-state index contributed by atoms with van der Waals surface area (Å²) in [6.45, 7) is 1.87. The van der Waals surface area contributed by atoms with Crippen molar-refractivity contribution in [3.05, 3.63) is 58.2 Å². The van der Waals surface area contributed by atoms with Crippen LogP contribution >= 0.6 is 11.6 Å². The van der Waals surface area contributed by atoms with E-state index in [1.54, 1.807) is 0 Å². The van der Waals surface area contributed by atoms with Crippen LogP contribution in [0.4, 0.5) is 5.69 Å². The second kappa shape index (κ2) is 6.35. The van der Waals surface area contributed by atoms with Crippen LogP contribution in [-0.4, -0.2) is 10.2 Å². The Morgan fingerprint density at radius 1 is 1.15 bits per heavy atom. The molecule has 2 aromatic carbocycles. The Labute approximate surface area is 157 Å². The molecule has 1 aromatic heterocycles. The number of halogens is 1. The van der Waals surface area contributed by atoms with E-state index >= 15 is 0 Å². The van der Waals surface area contributed by atoms with Gasteiger partial charge in [0.2, 0.25) is 0 Å². The molecule has 5 rings (SSSR count). The molecule has 2 aliphatic rings. The molecule has 1 aliphatic heterocycles. The molecule has 5 heteroatoms. The van der Waals surface area contributed by atoms with Gasteiger partial charge >= 0.3 is 0 Å². The maximum atomic E-state index is 6.35. The van der Waals surface area contributed by atoms with Crippen LogP contribution in [0.5, 0.6) is 0 Å². The summed E-state index contributed by atoms with van der Waals surface area (Å²) in [5, 5.41) is 15.9. The normalized spacial score (nSPS) is 16.8. The zero-order valence-corrected chi connectivity index (χ0v) is 15.0. The van der Waals surface area contributed by atoms with Crippen LogP contribution in [0.2, 0.25) is 5.02 Å². The first-order valence-corrected chi connectivity index (χ1v) is 9.37. The van der Waals surface area contributed by atoms with Crippen molar-refractivity contribution in [2.45, 2.75) is 32.0 Å². The first kappa shape index (κ1) is 15.7. The molecule has 26 heavy (non-hydrogen) atoms. The van der Waals surface area contributed by atoms with Gasteiger partial charge in [0.15, 0.2) is 0 Å². The molecule has 4 nitrogen and oxygen atoms in total. The number of benzene rings is 2. The molecule has 0 bridgehead atoms. The number of hydrogen-bond acceptors (Lipinski definition) is 3. The zero-order chi connectivity index (χ0) is 17.5. The monoisotopic (exact) mass is 362 g/mol. The van der Waals surface area contributed by atoms with Crippen LogP contribution in [0.15, 0.2) is 36.5 Å². The Morgan fingerprint density at radius 3 is 2.92 bits per heavy atom. The fraction of sp³-hybridized carbons (Fsp3) is 0.286. The summed E-state index contributed by atoms with van der Waals surface area (Å²) in [7, 11) is 0. The Balaban J connectivity index is 1.55. The molecule has 2 heterocycles. The van der Waals surface area contributed by atoms with Crippen LogP contribution in [0.1, 0.15) is 35.6 Å². The second-order valence-corrected chi connectivity index (χ2v) is 7.49. The zero-order valence-electron chi connectivity index (χ0n) is 14.3. The quantitative estimate of drug-likeness (QED) is 0.606. The number of aromatic nitrogens is 2. The van der Waals surface area contributed by atoms with Gasteiger partial charge in [0.05, 0.1) is 11.7 Å². The molecule has 0 saturated heterocycles. The van der Waals surface area contributed by atoms with Gasteiger partial charge in [-0.2, -0.15) is 5.10 Å². The number of fused-ring (bicyclic) bond motifs is 2. The van der Waals surface area contributed by atoms with Crippen molar-refractivity contribution in [3.63, 3.8) is 0 Å². The highest BCUT2D eigenvalue weighted by Crippen LogP contribution is 2.32. The molecule has 0 unspecified atom stereocenters. The fourth-order valence-corrected chi connectivity index (χ4v) is 3.68. The third-order valence-corrected chi connectivity index (χ3v) is 5.24. The van der Waals surface area contributed by atoms with Crippen LogP contribution in [0.25, 0.3) is 10.9 Å². The second-order valence-electron chi connectivity index (χ2n) is 7.05. The Morgan fingerprint density at radius 2 is 2.04 bits per heavy atom. The Bertz CT molecular complexity index is 1040. The van der Waals surface area contributed by atoms with E-state index in [4.69, 9.17) is 11.6 Å². The first-order valence-electron chi connectivity index (χ1n) is 8.99. The summed E-state index contributed by atoms with van der Waals surface area (Å²) in [4.78, 5) is 0. The number of hydrogen-bond donors (Lipinski definition) is 3. The van der Waals surface area contributed by atoms with E-state index in [0.29, 0.717) is 10.9 Å². The van der Waals surface area contributed by atoms with Crippen LogP contribution < -0.4 is 10.6 Å². The molecule has 1 saturated carbocycles. The van der Waals surface area contributed by atoms with E-state index in [1.807, 2.05) is 18.3 Å². The maximum Gasteiger partial charge on any atom is 0.114 e. The summed E-state index contributed by atoms with van der Waals surface area (Å²) >= 11 is 6.35. The van der Waals surface area contributed by atoms with E-state index in [-0.39, 0.29) is 6.04 Å². The molecule has 130 valence electrons. The first-order chi connectivity index (χ1) is 12.8. The number of aromatic amines is 1. The van der Waals surface area contributed by atoms with Gasteiger partial charge < -0.3 is 10.6 Å². The molecule has 1 atom stereocenters. The fourth-order valence-electron chi connectivity index (χ4n) is 3.45. The highest BCUT2D eigenvalue weighted by molar-refractivity contribution is 6.31. The lowest BCUT2D eigenvalue weighted by Gasteiger charge is -2.17. The largest absolute Gasteiger partial charge is 0.368 e. The van der Waals surface area contributed by atoms with E-state index in [1.165, 1.54) is 24.0 Å². The van der Waals surface area contributed by atoms with Gasteiger partial charge in [-0.3, -0.25) is 5.10 Å². The molecule has 0 radical (unpaired) electrons. The van der Waals surface area contributed by atoms with E-state index in [2.05, 4.69) is 50.9 Å². The van der Waals surface area contributed by atoms with Crippen LogP contribution in [-0.2, 0) is 13.1 Å². The smallest absolute Gasteiger partial charge is 0.114 e. The highest BCUT2D eigenvalue weighted by atomic mass is 35.5. The van der Waals surface area contributed by atoms with Crippen LogP contribution in [0, 0.1) is 17.8 Å². The Kier molecular flexibility index (Phi) is 3.85. The van der Waals surface area contributed by atoms with Crippen molar-refractivity contribution in [3.8, 4) is 11.8 Å². The predicted octanol–water partition coefficient (Wildman–Crippen LogP) is 4.39. The average Bonchev–Trinajstić information content (AvgIpc) is 3.14. The van der Waals surface area contributed by atoms with Crippen molar-refractivity contribution in [1.82, 2.24) is 15.5 Å². The lowest BCUT2D eigenvalue weighted by molar-refractivity contribution is 0.765. The minimum Gasteiger partial charge on any atom is -0.368 e. The van der Waals surface area contributed by atoms with Gasteiger partial charge in [0.1, 0.15) is 6.04 Å². The minimum atomic E-state index is -0.123. The Hall–Kier alpha value is -2.48.